The standard InChI is InChI=1S/C25H25N3O5/c1-16-7-4-5-8-20(16)31-11-6-12-32-21-10-9-18(15-22(21)30-3)14-19-24(26)28-23(27-25(19)29)13-17(2)33-28/h4-5,7-10,13-15,26H,6,11-12H2,1-3H3/b19-14-,26-24?. The number of aliphatic imine (C=N–C) groups is 1. The van der Waals surface area contributed by atoms with Gasteiger partial charge in [-0.2, -0.15) is 4.99 Å². The van der Waals surface area contributed by atoms with Crippen molar-refractivity contribution in [2.45, 2.75) is 20.3 Å². The minimum absolute atomic E-state index is 0.0638. The van der Waals surface area contributed by atoms with Crippen LogP contribution < -0.4 is 14.2 Å². The molecule has 0 aliphatic carbocycles. The number of carbonyl (C=O) groups is 1. The summed E-state index contributed by atoms with van der Waals surface area (Å²) in [6.45, 7) is 4.75. The van der Waals surface area contributed by atoms with Crippen molar-refractivity contribution >= 4 is 23.7 Å². The number of rotatable bonds is 8. The summed E-state index contributed by atoms with van der Waals surface area (Å²) < 4.78 is 17.1. The molecule has 0 atom stereocenters. The monoisotopic (exact) mass is 447 g/mol. The summed E-state index contributed by atoms with van der Waals surface area (Å²) in [4.78, 5) is 21.9. The van der Waals surface area contributed by atoms with E-state index in [2.05, 4.69) is 4.99 Å². The summed E-state index contributed by atoms with van der Waals surface area (Å²) in [5, 5.41) is 9.55. The highest BCUT2D eigenvalue weighted by atomic mass is 16.7. The molecule has 0 bridgehead atoms. The van der Waals surface area contributed by atoms with Gasteiger partial charge in [0.1, 0.15) is 11.5 Å². The van der Waals surface area contributed by atoms with E-state index in [1.807, 2.05) is 31.2 Å². The average Bonchev–Trinajstić information content (AvgIpc) is 3.18. The van der Waals surface area contributed by atoms with Gasteiger partial charge < -0.3 is 19.0 Å². The van der Waals surface area contributed by atoms with Crippen molar-refractivity contribution in [1.82, 2.24) is 5.06 Å². The fourth-order valence-electron chi connectivity index (χ4n) is 3.40. The Labute approximate surface area is 192 Å². The molecule has 1 amide bonds. The third-order valence-corrected chi connectivity index (χ3v) is 5.08. The maximum Gasteiger partial charge on any atom is 0.282 e. The van der Waals surface area contributed by atoms with Gasteiger partial charge in [-0.15, -0.1) is 5.06 Å². The zero-order valence-electron chi connectivity index (χ0n) is 18.8. The lowest BCUT2D eigenvalue weighted by Crippen LogP contribution is -2.38. The van der Waals surface area contributed by atoms with Crippen LogP contribution in [0, 0.1) is 12.3 Å². The molecular weight excluding hydrogens is 422 g/mol. The Morgan fingerprint density at radius 1 is 1.06 bits per heavy atom. The molecular formula is C25H25N3O5. The number of hydrogen-bond acceptors (Lipinski definition) is 6. The molecule has 1 N–H and O–H groups in total. The van der Waals surface area contributed by atoms with Crippen molar-refractivity contribution in [3.63, 3.8) is 0 Å². The number of para-hydroxylation sites is 1. The Morgan fingerprint density at radius 2 is 1.82 bits per heavy atom. The number of nitrogens with zero attached hydrogens (tertiary/aromatic N) is 2. The molecule has 2 aliphatic heterocycles. The quantitative estimate of drug-likeness (QED) is 0.479. The topological polar surface area (TPSA) is 93.4 Å². The van der Waals surface area contributed by atoms with Crippen molar-refractivity contribution in [1.29, 1.82) is 5.41 Å². The molecule has 4 rings (SSSR count). The molecule has 2 heterocycles. The van der Waals surface area contributed by atoms with Gasteiger partial charge in [0.25, 0.3) is 5.91 Å². The predicted molar refractivity (Wildman–Crippen MR) is 125 cm³/mol. The number of amidine groups is 2. The van der Waals surface area contributed by atoms with Gasteiger partial charge in [0.05, 0.1) is 25.9 Å². The van der Waals surface area contributed by atoms with Crippen molar-refractivity contribution in [3.05, 3.63) is 71.0 Å². The van der Waals surface area contributed by atoms with Crippen molar-refractivity contribution in [3.8, 4) is 17.2 Å². The fraction of sp³-hybridized carbons (Fsp3) is 0.240. The number of aryl methyl sites for hydroxylation is 1. The van der Waals surface area contributed by atoms with Crippen molar-refractivity contribution in [2.24, 2.45) is 4.99 Å². The molecule has 2 aliphatic rings. The van der Waals surface area contributed by atoms with E-state index in [0.717, 1.165) is 11.3 Å². The van der Waals surface area contributed by atoms with Gasteiger partial charge in [0, 0.05) is 12.5 Å². The molecule has 33 heavy (non-hydrogen) atoms. The molecule has 8 nitrogen and oxygen atoms in total. The van der Waals surface area contributed by atoms with Gasteiger partial charge in [0.15, 0.2) is 23.2 Å². The van der Waals surface area contributed by atoms with Gasteiger partial charge in [-0.3, -0.25) is 10.2 Å². The maximum absolute atomic E-state index is 12.4. The summed E-state index contributed by atoms with van der Waals surface area (Å²) in [6.07, 6.45) is 3.91. The molecule has 2 aromatic rings. The minimum atomic E-state index is -0.492. The summed E-state index contributed by atoms with van der Waals surface area (Å²) in [5.74, 6) is 2.31. The number of ether oxygens (including phenoxy) is 3. The van der Waals surface area contributed by atoms with E-state index in [1.54, 1.807) is 44.4 Å². The van der Waals surface area contributed by atoms with Crippen LogP contribution in [0.15, 0.2) is 64.9 Å². The highest BCUT2D eigenvalue weighted by molar-refractivity contribution is 6.32. The van der Waals surface area contributed by atoms with Crippen LogP contribution in [0.3, 0.4) is 0 Å². The number of hydroxylamine groups is 2. The second-order valence-corrected chi connectivity index (χ2v) is 7.55. The first-order valence-electron chi connectivity index (χ1n) is 10.6. The second kappa shape index (κ2) is 9.60. The molecule has 0 radical (unpaired) electrons. The third-order valence-electron chi connectivity index (χ3n) is 5.08. The minimum Gasteiger partial charge on any atom is -0.493 e. The van der Waals surface area contributed by atoms with E-state index >= 15 is 0 Å². The highest BCUT2D eigenvalue weighted by Gasteiger charge is 2.34. The van der Waals surface area contributed by atoms with Gasteiger partial charge in [0.2, 0.25) is 0 Å². The van der Waals surface area contributed by atoms with Crippen molar-refractivity contribution in [2.75, 3.05) is 20.3 Å². The Hall–Kier alpha value is -4.07. The van der Waals surface area contributed by atoms with Crippen LogP contribution in [0.1, 0.15) is 24.5 Å². The summed E-state index contributed by atoms with van der Waals surface area (Å²) >= 11 is 0. The van der Waals surface area contributed by atoms with Crippen LogP contribution in [-0.2, 0) is 9.63 Å². The average molecular weight is 447 g/mol. The number of carbonyl (C=O) groups excluding carboxylic acids is 1. The Balaban J connectivity index is 1.38. The molecule has 0 saturated heterocycles. The second-order valence-electron chi connectivity index (χ2n) is 7.55. The van der Waals surface area contributed by atoms with Gasteiger partial charge in [-0.25, -0.2) is 0 Å². The number of nitrogens with one attached hydrogen (secondary N) is 1. The van der Waals surface area contributed by atoms with E-state index in [9.17, 15) is 4.79 Å². The molecule has 8 heteroatoms. The van der Waals surface area contributed by atoms with E-state index in [4.69, 9.17) is 24.5 Å². The number of fused-ring (bicyclic) bond motifs is 1. The van der Waals surface area contributed by atoms with Crippen LogP contribution in [-0.4, -0.2) is 43.0 Å². The number of allylic oxidation sites excluding steroid dienone is 1. The van der Waals surface area contributed by atoms with E-state index in [1.165, 1.54) is 5.06 Å². The third kappa shape index (κ3) is 4.90. The Kier molecular flexibility index (Phi) is 6.44. The first-order chi connectivity index (χ1) is 16.0. The van der Waals surface area contributed by atoms with Gasteiger partial charge >= 0.3 is 0 Å². The highest BCUT2D eigenvalue weighted by Crippen LogP contribution is 2.30. The number of benzene rings is 2. The van der Waals surface area contributed by atoms with Crippen LogP contribution in [0.2, 0.25) is 0 Å². The predicted octanol–water partition coefficient (Wildman–Crippen LogP) is 4.30. The zero-order chi connectivity index (χ0) is 23.4. The number of amides is 1. The SMILES string of the molecule is COc1cc(/C=C2/C(=N)N3OC(C)=CC3=NC2=O)ccc1OCCCOc1ccccc1C. The normalized spacial score (nSPS) is 16.2. The molecule has 0 unspecified atom stereocenters. The molecule has 0 saturated carbocycles. The lowest BCUT2D eigenvalue weighted by molar-refractivity contribution is -0.114. The first kappa shape index (κ1) is 22.1. The molecule has 0 fully saturated rings. The van der Waals surface area contributed by atoms with Crippen LogP contribution in [0.4, 0.5) is 0 Å². The van der Waals surface area contributed by atoms with Crippen LogP contribution >= 0.6 is 0 Å². The first-order valence-corrected chi connectivity index (χ1v) is 10.6. The van der Waals surface area contributed by atoms with E-state index < -0.39 is 5.91 Å². The van der Waals surface area contributed by atoms with Crippen LogP contribution in [0.5, 0.6) is 17.2 Å². The Bertz CT molecular complexity index is 1180. The van der Waals surface area contributed by atoms with Gasteiger partial charge in [-0.05, 0) is 49.2 Å². The van der Waals surface area contributed by atoms with E-state index in [-0.39, 0.29) is 11.4 Å². The van der Waals surface area contributed by atoms with E-state index in [0.29, 0.717) is 48.3 Å². The molecule has 2 aromatic carbocycles. The summed E-state index contributed by atoms with van der Waals surface area (Å²) in [6, 6.07) is 13.2. The Morgan fingerprint density at radius 3 is 2.58 bits per heavy atom. The lowest BCUT2D eigenvalue weighted by Gasteiger charge is -2.23. The van der Waals surface area contributed by atoms with Crippen molar-refractivity contribution < 1.29 is 23.8 Å². The maximum atomic E-state index is 12.4. The number of hydrogen-bond donors (Lipinski definition) is 1. The zero-order valence-corrected chi connectivity index (χ0v) is 18.8. The molecule has 0 aromatic heterocycles. The molecule has 0 spiro atoms. The van der Waals surface area contributed by atoms with Gasteiger partial charge in [-0.1, -0.05) is 24.3 Å². The summed E-state index contributed by atoms with van der Waals surface area (Å²) in [7, 11) is 1.55. The number of methoxy groups -OCH3 is 1. The molecule has 170 valence electrons. The smallest absolute Gasteiger partial charge is 0.282 e. The summed E-state index contributed by atoms with van der Waals surface area (Å²) in [5.41, 5.74) is 1.91. The van der Waals surface area contributed by atoms with Crippen LogP contribution in [0.25, 0.3) is 6.08 Å². The largest absolute Gasteiger partial charge is 0.493 e. The fourth-order valence-corrected chi connectivity index (χ4v) is 3.40. The lowest BCUT2D eigenvalue weighted by atomic mass is 10.1.